The molecule has 2 N–H and O–H groups in total. The van der Waals surface area contributed by atoms with E-state index in [0.29, 0.717) is 25.9 Å². The minimum absolute atomic E-state index is 0.0158. The van der Waals surface area contributed by atoms with E-state index in [1.54, 1.807) is 0 Å². The first-order chi connectivity index (χ1) is 16.6. The molecular weight excluding hydrogens is 430 g/mol. The molecule has 2 amide bonds. The summed E-state index contributed by atoms with van der Waals surface area (Å²) in [5, 5.41) is 0.882. The molecule has 6 rings (SSSR count). The molecule has 0 spiro atoms. The second-order valence-corrected chi connectivity index (χ2v) is 9.08. The topological polar surface area (TPSA) is 94.8 Å². The number of pyridine rings is 1. The molecule has 0 bridgehead atoms. The summed E-state index contributed by atoms with van der Waals surface area (Å²) in [4.78, 5) is 32.2. The van der Waals surface area contributed by atoms with Crippen molar-refractivity contribution >= 4 is 34.4 Å². The number of nitrogens with zero attached hydrogens (tertiary/aromatic N) is 2. The number of nitrogens with two attached hydrogens (primary N) is 1. The van der Waals surface area contributed by atoms with Gasteiger partial charge in [-0.2, -0.15) is 0 Å². The SMILES string of the molecule is NC(=O)C1CCN(C(=O)c2c3c(nc4ccccc24)/C(=C\c2ccc4c(c2)OCO4)CC3)CC1. The first-order valence-corrected chi connectivity index (χ1v) is 11.7. The quantitative estimate of drug-likeness (QED) is 0.649. The van der Waals surface area contributed by atoms with E-state index in [0.717, 1.165) is 63.2 Å². The maximum absolute atomic E-state index is 13.8. The Balaban J connectivity index is 1.40. The molecule has 0 atom stereocenters. The van der Waals surface area contributed by atoms with E-state index in [-0.39, 0.29) is 24.5 Å². The average Bonchev–Trinajstić information content (AvgIpc) is 3.49. The summed E-state index contributed by atoms with van der Waals surface area (Å²) in [6.07, 6.45) is 4.94. The number of likely N-dealkylation sites (tertiary alicyclic amines) is 1. The fourth-order valence-corrected chi connectivity index (χ4v) is 5.25. The van der Waals surface area contributed by atoms with E-state index in [2.05, 4.69) is 6.08 Å². The second kappa shape index (κ2) is 8.17. The van der Waals surface area contributed by atoms with Crippen molar-refractivity contribution in [3.05, 3.63) is 64.8 Å². The van der Waals surface area contributed by atoms with Gasteiger partial charge < -0.3 is 20.1 Å². The van der Waals surface area contributed by atoms with Crippen molar-refractivity contribution in [1.82, 2.24) is 9.88 Å². The third-order valence-corrected chi connectivity index (χ3v) is 7.08. The second-order valence-electron chi connectivity index (χ2n) is 9.08. The van der Waals surface area contributed by atoms with Gasteiger partial charge in [0.2, 0.25) is 12.7 Å². The van der Waals surface area contributed by atoms with Gasteiger partial charge >= 0.3 is 0 Å². The van der Waals surface area contributed by atoms with Crippen LogP contribution in [0.2, 0.25) is 0 Å². The summed E-state index contributed by atoms with van der Waals surface area (Å²) in [7, 11) is 0. The third-order valence-electron chi connectivity index (χ3n) is 7.08. The van der Waals surface area contributed by atoms with Crippen LogP contribution in [0.1, 0.15) is 46.4 Å². The lowest BCUT2D eigenvalue weighted by Gasteiger charge is -2.31. The number of amides is 2. The van der Waals surface area contributed by atoms with Gasteiger partial charge in [-0.05, 0) is 66.7 Å². The first kappa shape index (κ1) is 20.7. The lowest BCUT2D eigenvalue weighted by atomic mass is 9.94. The van der Waals surface area contributed by atoms with Gasteiger partial charge in [-0.1, -0.05) is 24.3 Å². The Morgan fingerprint density at radius 3 is 2.65 bits per heavy atom. The number of benzene rings is 2. The summed E-state index contributed by atoms with van der Waals surface area (Å²) < 4.78 is 10.9. The van der Waals surface area contributed by atoms with Gasteiger partial charge in [0, 0.05) is 24.4 Å². The molecule has 3 aromatic rings. The Hall–Kier alpha value is -3.87. The molecule has 0 unspecified atom stereocenters. The molecule has 2 aromatic carbocycles. The van der Waals surface area contributed by atoms with Crippen molar-refractivity contribution in [1.29, 1.82) is 0 Å². The molecule has 1 saturated heterocycles. The summed E-state index contributed by atoms with van der Waals surface area (Å²) >= 11 is 0. The maximum atomic E-state index is 13.8. The summed E-state index contributed by atoms with van der Waals surface area (Å²) in [5.41, 5.74) is 11.1. The number of hydrogen-bond acceptors (Lipinski definition) is 5. The molecule has 0 radical (unpaired) electrons. The van der Waals surface area contributed by atoms with Crippen molar-refractivity contribution in [2.75, 3.05) is 19.9 Å². The Morgan fingerprint density at radius 1 is 1.03 bits per heavy atom. The van der Waals surface area contributed by atoms with Gasteiger partial charge in [-0.3, -0.25) is 9.59 Å². The van der Waals surface area contributed by atoms with Crippen molar-refractivity contribution in [3.63, 3.8) is 0 Å². The molecule has 3 aliphatic rings. The van der Waals surface area contributed by atoms with Gasteiger partial charge in [0.05, 0.1) is 16.8 Å². The van der Waals surface area contributed by atoms with Crippen LogP contribution in [0, 0.1) is 5.92 Å². The normalized spacial score (nSPS) is 18.5. The standard InChI is InChI=1S/C27H25N3O4/c28-26(31)17-9-11-30(12-10-17)27(32)24-19-3-1-2-4-21(19)29-25-18(6-7-20(24)25)13-16-5-8-22-23(14-16)34-15-33-22/h1-5,8,13-14,17H,6-7,9-12,15H2,(H2,28,31)/b18-13-. The van der Waals surface area contributed by atoms with Crippen LogP contribution in [-0.2, 0) is 11.2 Å². The van der Waals surface area contributed by atoms with Gasteiger partial charge in [0.15, 0.2) is 11.5 Å². The average molecular weight is 456 g/mol. The molecule has 1 aliphatic carbocycles. The zero-order valence-electron chi connectivity index (χ0n) is 18.8. The van der Waals surface area contributed by atoms with Crippen LogP contribution in [0.4, 0.5) is 0 Å². The number of ether oxygens (including phenoxy) is 2. The number of rotatable bonds is 3. The molecule has 0 saturated carbocycles. The van der Waals surface area contributed by atoms with E-state index in [4.69, 9.17) is 20.2 Å². The number of carbonyl (C=O) groups is 2. The highest BCUT2D eigenvalue weighted by molar-refractivity contribution is 6.09. The molecule has 172 valence electrons. The van der Waals surface area contributed by atoms with Crippen LogP contribution >= 0.6 is 0 Å². The van der Waals surface area contributed by atoms with Gasteiger partial charge in [0.25, 0.3) is 5.91 Å². The number of allylic oxidation sites excluding steroid dienone is 1. The smallest absolute Gasteiger partial charge is 0.254 e. The number of aromatic nitrogens is 1. The number of fused-ring (bicyclic) bond motifs is 3. The largest absolute Gasteiger partial charge is 0.454 e. The van der Waals surface area contributed by atoms with Gasteiger partial charge in [-0.25, -0.2) is 4.98 Å². The fraction of sp³-hybridized carbons (Fsp3) is 0.296. The number of carbonyl (C=O) groups excluding carboxylic acids is 2. The van der Waals surface area contributed by atoms with Crippen molar-refractivity contribution in [2.45, 2.75) is 25.7 Å². The number of primary amides is 1. The third kappa shape index (κ3) is 3.48. The molecule has 2 aliphatic heterocycles. The molecule has 3 heterocycles. The Labute approximate surface area is 197 Å². The predicted octanol–water partition coefficient (Wildman–Crippen LogP) is 3.79. The Bertz CT molecular complexity index is 1360. The summed E-state index contributed by atoms with van der Waals surface area (Å²) in [6.45, 7) is 1.32. The summed E-state index contributed by atoms with van der Waals surface area (Å²) in [5.74, 6) is 1.09. The van der Waals surface area contributed by atoms with Crippen molar-refractivity contribution in [2.24, 2.45) is 11.7 Å². The van der Waals surface area contributed by atoms with Crippen LogP contribution in [0.15, 0.2) is 42.5 Å². The number of hydrogen-bond donors (Lipinski definition) is 1. The fourth-order valence-electron chi connectivity index (χ4n) is 5.25. The highest BCUT2D eigenvalue weighted by Crippen LogP contribution is 2.39. The zero-order valence-corrected chi connectivity index (χ0v) is 18.8. The highest BCUT2D eigenvalue weighted by Gasteiger charge is 2.32. The molecule has 1 aromatic heterocycles. The van der Waals surface area contributed by atoms with E-state index in [1.807, 2.05) is 47.4 Å². The van der Waals surface area contributed by atoms with E-state index in [1.165, 1.54) is 0 Å². The van der Waals surface area contributed by atoms with Crippen molar-refractivity contribution in [3.8, 4) is 11.5 Å². The van der Waals surface area contributed by atoms with Crippen LogP contribution in [0.5, 0.6) is 11.5 Å². The minimum Gasteiger partial charge on any atom is -0.454 e. The first-order valence-electron chi connectivity index (χ1n) is 11.7. The molecular formula is C27H25N3O4. The lowest BCUT2D eigenvalue weighted by Crippen LogP contribution is -2.42. The molecule has 7 heteroatoms. The van der Waals surface area contributed by atoms with E-state index in [9.17, 15) is 9.59 Å². The molecule has 34 heavy (non-hydrogen) atoms. The molecule has 7 nitrogen and oxygen atoms in total. The van der Waals surface area contributed by atoms with Crippen LogP contribution in [-0.4, -0.2) is 41.6 Å². The Morgan fingerprint density at radius 2 is 1.82 bits per heavy atom. The Kier molecular flexibility index (Phi) is 4.98. The number of para-hydroxylation sites is 1. The van der Waals surface area contributed by atoms with Crippen molar-refractivity contribution < 1.29 is 19.1 Å². The van der Waals surface area contributed by atoms with E-state index < -0.39 is 0 Å². The lowest BCUT2D eigenvalue weighted by molar-refractivity contribution is -0.123. The predicted molar refractivity (Wildman–Crippen MR) is 128 cm³/mol. The maximum Gasteiger partial charge on any atom is 0.254 e. The van der Waals surface area contributed by atoms with Crippen LogP contribution < -0.4 is 15.2 Å². The van der Waals surface area contributed by atoms with Crippen LogP contribution in [0.3, 0.4) is 0 Å². The van der Waals surface area contributed by atoms with Crippen LogP contribution in [0.25, 0.3) is 22.6 Å². The summed E-state index contributed by atoms with van der Waals surface area (Å²) in [6, 6.07) is 13.7. The highest BCUT2D eigenvalue weighted by atomic mass is 16.7. The monoisotopic (exact) mass is 455 g/mol. The van der Waals surface area contributed by atoms with E-state index >= 15 is 0 Å². The number of piperidine rings is 1. The van der Waals surface area contributed by atoms with Gasteiger partial charge in [-0.15, -0.1) is 0 Å². The molecule has 1 fully saturated rings. The zero-order chi connectivity index (χ0) is 23.2. The minimum atomic E-state index is -0.277. The van der Waals surface area contributed by atoms with Gasteiger partial charge in [0.1, 0.15) is 0 Å².